The quantitative estimate of drug-likeness (QED) is 0.834. The van der Waals surface area contributed by atoms with Gasteiger partial charge in [0.25, 0.3) is 0 Å². The maximum atomic E-state index is 13.2. The van der Waals surface area contributed by atoms with Crippen molar-refractivity contribution in [2.24, 2.45) is 0 Å². The Morgan fingerprint density at radius 2 is 1.23 bits per heavy atom. The van der Waals surface area contributed by atoms with Gasteiger partial charge in [0.15, 0.2) is 0 Å². The summed E-state index contributed by atoms with van der Waals surface area (Å²) in [5.41, 5.74) is 0.160. The summed E-state index contributed by atoms with van der Waals surface area (Å²) in [7, 11) is 0. The SMILES string of the molecule is CC1=C(C)C(=O)C(c2ccc(F)cc2)(c2ccc(F)cc2)O1. The largest absolute Gasteiger partial charge is 0.474 e. The second-order valence-electron chi connectivity index (χ2n) is 5.31. The van der Waals surface area contributed by atoms with Crippen molar-refractivity contribution in [3.05, 3.63) is 82.6 Å². The maximum Gasteiger partial charge on any atom is 0.221 e. The number of rotatable bonds is 2. The first-order chi connectivity index (χ1) is 10.4. The van der Waals surface area contributed by atoms with E-state index in [4.69, 9.17) is 4.74 Å². The first-order valence-electron chi connectivity index (χ1n) is 6.88. The molecule has 22 heavy (non-hydrogen) atoms. The Balaban J connectivity index is 2.22. The number of ether oxygens (including phenoxy) is 1. The summed E-state index contributed by atoms with van der Waals surface area (Å²) in [6.07, 6.45) is 0. The minimum absolute atomic E-state index is 0.219. The molecule has 0 spiro atoms. The fourth-order valence-corrected chi connectivity index (χ4v) is 2.69. The monoisotopic (exact) mass is 300 g/mol. The molecule has 0 radical (unpaired) electrons. The van der Waals surface area contributed by atoms with E-state index in [0.29, 0.717) is 22.5 Å². The minimum atomic E-state index is -1.38. The number of carbonyl (C=O) groups excluding carboxylic acids is 1. The Hall–Kier alpha value is -2.49. The normalized spacial score (nSPS) is 16.8. The zero-order valence-electron chi connectivity index (χ0n) is 12.2. The molecular weight excluding hydrogens is 286 g/mol. The third-order valence-electron chi connectivity index (χ3n) is 4.00. The van der Waals surface area contributed by atoms with Crippen LogP contribution in [0.3, 0.4) is 0 Å². The molecule has 0 fully saturated rings. The molecule has 0 unspecified atom stereocenters. The van der Waals surface area contributed by atoms with E-state index >= 15 is 0 Å². The molecule has 0 atom stereocenters. The van der Waals surface area contributed by atoms with Crippen LogP contribution in [-0.4, -0.2) is 5.78 Å². The van der Waals surface area contributed by atoms with Crippen LogP contribution in [0.2, 0.25) is 0 Å². The summed E-state index contributed by atoms with van der Waals surface area (Å²) in [5.74, 6) is -0.503. The molecule has 2 aromatic carbocycles. The lowest BCUT2D eigenvalue weighted by Gasteiger charge is -2.29. The van der Waals surface area contributed by atoms with Gasteiger partial charge in [0.1, 0.15) is 17.4 Å². The summed E-state index contributed by atoms with van der Waals surface area (Å²) < 4.78 is 32.3. The van der Waals surface area contributed by atoms with Crippen LogP contribution in [0.1, 0.15) is 25.0 Å². The van der Waals surface area contributed by atoms with E-state index in [1.54, 1.807) is 13.8 Å². The van der Waals surface area contributed by atoms with Crippen LogP contribution in [-0.2, 0) is 15.1 Å². The molecule has 3 rings (SSSR count). The number of benzene rings is 2. The Kier molecular flexibility index (Phi) is 3.32. The lowest BCUT2D eigenvalue weighted by atomic mass is 9.81. The third kappa shape index (κ3) is 2.03. The molecule has 0 aliphatic carbocycles. The van der Waals surface area contributed by atoms with Gasteiger partial charge in [-0.15, -0.1) is 0 Å². The van der Waals surface area contributed by atoms with Crippen molar-refractivity contribution in [3.63, 3.8) is 0 Å². The van der Waals surface area contributed by atoms with Crippen LogP contribution in [0.25, 0.3) is 0 Å². The number of ketones is 1. The molecule has 2 nitrogen and oxygen atoms in total. The molecule has 0 N–H and O–H groups in total. The molecule has 0 saturated carbocycles. The smallest absolute Gasteiger partial charge is 0.221 e. The van der Waals surface area contributed by atoms with Crippen molar-refractivity contribution in [1.82, 2.24) is 0 Å². The van der Waals surface area contributed by atoms with Crippen molar-refractivity contribution in [2.75, 3.05) is 0 Å². The topological polar surface area (TPSA) is 26.3 Å². The lowest BCUT2D eigenvalue weighted by molar-refractivity contribution is -0.127. The van der Waals surface area contributed by atoms with Gasteiger partial charge in [-0.1, -0.05) is 24.3 Å². The van der Waals surface area contributed by atoms with E-state index in [-0.39, 0.29) is 5.78 Å². The highest BCUT2D eigenvalue weighted by Crippen LogP contribution is 2.43. The number of hydrogen-bond acceptors (Lipinski definition) is 2. The molecule has 0 saturated heterocycles. The predicted molar refractivity (Wildman–Crippen MR) is 78.0 cm³/mol. The van der Waals surface area contributed by atoms with Crippen LogP contribution >= 0.6 is 0 Å². The third-order valence-corrected chi connectivity index (χ3v) is 4.00. The highest BCUT2D eigenvalue weighted by molar-refractivity contribution is 6.06. The average molecular weight is 300 g/mol. The molecule has 1 aliphatic heterocycles. The second-order valence-corrected chi connectivity index (χ2v) is 5.31. The highest BCUT2D eigenvalue weighted by atomic mass is 19.1. The molecule has 112 valence electrons. The van der Waals surface area contributed by atoms with E-state index < -0.39 is 17.2 Å². The fourth-order valence-electron chi connectivity index (χ4n) is 2.69. The minimum Gasteiger partial charge on any atom is -0.474 e. The summed E-state index contributed by atoms with van der Waals surface area (Å²) in [6.45, 7) is 3.40. The van der Waals surface area contributed by atoms with E-state index in [9.17, 15) is 13.6 Å². The summed E-state index contributed by atoms with van der Waals surface area (Å²) in [6, 6.07) is 11.2. The van der Waals surface area contributed by atoms with E-state index in [1.807, 2.05) is 0 Å². The standard InChI is InChI=1S/C18H14F2O2/c1-11-12(2)22-18(17(11)21,13-3-7-15(19)8-4-13)14-5-9-16(20)10-6-14/h3-10H,1-2H3. The van der Waals surface area contributed by atoms with Crippen molar-refractivity contribution in [2.45, 2.75) is 19.4 Å². The van der Waals surface area contributed by atoms with Gasteiger partial charge in [-0.2, -0.15) is 0 Å². The zero-order valence-corrected chi connectivity index (χ0v) is 12.2. The van der Waals surface area contributed by atoms with Gasteiger partial charge in [-0.05, 0) is 38.1 Å². The Morgan fingerprint density at radius 1 is 0.818 bits per heavy atom. The summed E-state index contributed by atoms with van der Waals surface area (Å²) in [4.78, 5) is 12.8. The number of Topliss-reactive ketones (excluding diaryl/α,β-unsaturated/α-hetero) is 1. The first-order valence-corrected chi connectivity index (χ1v) is 6.88. The van der Waals surface area contributed by atoms with Gasteiger partial charge in [0.05, 0.1) is 0 Å². The second kappa shape index (κ2) is 5.05. The Morgan fingerprint density at radius 3 is 1.55 bits per heavy atom. The van der Waals surface area contributed by atoms with Gasteiger partial charge in [-0.25, -0.2) is 8.78 Å². The molecule has 1 heterocycles. The summed E-state index contributed by atoms with van der Waals surface area (Å²) in [5, 5.41) is 0. The van der Waals surface area contributed by atoms with E-state index in [2.05, 4.69) is 0 Å². The maximum absolute atomic E-state index is 13.2. The lowest BCUT2D eigenvalue weighted by Crippen LogP contribution is -2.35. The van der Waals surface area contributed by atoms with Crippen LogP contribution in [0.5, 0.6) is 0 Å². The highest BCUT2D eigenvalue weighted by Gasteiger charge is 2.49. The Labute approximate surface area is 127 Å². The average Bonchev–Trinajstić information content (AvgIpc) is 2.74. The van der Waals surface area contributed by atoms with Gasteiger partial charge in [-0.3, -0.25) is 4.79 Å². The predicted octanol–water partition coefficient (Wildman–Crippen LogP) is 4.10. The van der Waals surface area contributed by atoms with Crippen LogP contribution < -0.4 is 0 Å². The van der Waals surface area contributed by atoms with Gasteiger partial charge in [0.2, 0.25) is 11.4 Å². The van der Waals surface area contributed by atoms with Crippen LogP contribution in [0, 0.1) is 11.6 Å². The van der Waals surface area contributed by atoms with Gasteiger partial charge >= 0.3 is 0 Å². The van der Waals surface area contributed by atoms with E-state index in [1.165, 1.54) is 48.5 Å². The number of hydrogen-bond donors (Lipinski definition) is 0. The molecule has 0 bridgehead atoms. The van der Waals surface area contributed by atoms with Crippen LogP contribution in [0.4, 0.5) is 8.78 Å². The zero-order chi connectivity index (χ0) is 15.9. The van der Waals surface area contributed by atoms with Crippen molar-refractivity contribution >= 4 is 5.78 Å². The Bertz CT molecular complexity index is 713. The number of halogens is 2. The van der Waals surface area contributed by atoms with Gasteiger partial charge in [0, 0.05) is 16.7 Å². The molecule has 1 aliphatic rings. The molecule has 0 amide bonds. The van der Waals surface area contributed by atoms with Gasteiger partial charge < -0.3 is 4.74 Å². The van der Waals surface area contributed by atoms with Crippen molar-refractivity contribution in [1.29, 1.82) is 0 Å². The molecule has 2 aromatic rings. The molecule has 0 aromatic heterocycles. The first kappa shape index (κ1) is 14.4. The number of allylic oxidation sites excluding steroid dienone is 1. The van der Waals surface area contributed by atoms with Crippen LogP contribution in [0.15, 0.2) is 59.9 Å². The van der Waals surface area contributed by atoms with E-state index in [0.717, 1.165) is 0 Å². The molecular formula is C18H14F2O2. The molecule has 4 heteroatoms. The number of carbonyl (C=O) groups is 1. The van der Waals surface area contributed by atoms with Crippen molar-refractivity contribution in [3.8, 4) is 0 Å². The summed E-state index contributed by atoms with van der Waals surface area (Å²) >= 11 is 0. The fraction of sp³-hybridized carbons (Fsp3) is 0.167. The van der Waals surface area contributed by atoms with Crippen molar-refractivity contribution < 1.29 is 18.3 Å².